The van der Waals surface area contributed by atoms with Gasteiger partial charge in [0.1, 0.15) is 11.1 Å². The standard InChI is InChI=1S/C11H13ClN2O5/c1-6-3-10(14(17)18)7(12)4-8(6)13-9(5-19-2)11(15)16/h3-4,9,13H,5H2,1-2H3,(H,15,16). The van der Waals surface area contributed by atoms with E-state index < -0.39 is 16.9 Å². The monoisotopic (exact) mass is 288 g/mol. The van der Waals surface area contributed by atoms with Crippen molar-refractivity contribution in [3.63, 3.8) is 0 Å². The third-order valence-electron chi connectivity index (χ3n) is 2.45. The number of hydrogen-bond acceptors (Lipinski definition) is 5. The zero-order chi connectivity index (χ0) is 14.6. The number of anilines is 1. The maximum atomic E-state index is 11.0. The Bertz CT molecular complexity index is 506. The van der Waals surface area contributed by atoms with Crippen LogP contribution in [0.3, 0.4) is 0 Å². The highest BCUT2D eigenvalue weighted by molar-refractivity contribution is 6.33. The average Bonchev–Trinajstić information content (AvgIpc) is 2.32. The minimum absolute atomic E-state index is 0.0383. The van der Waals surface area contributed by atoms with E-state index in [2.05, 4.69) is 5.32 Å². The molecule has 0 aliphatic rings. The Labute approximate surface area is 114 Å². The van der Waals surface area contributed by atoms with Crippen molar-refractivity contribution in [1.29, 1.82) is 0 Å². The number of methoxy groups -OCH3 is 1. The van der Waals surface area contributed by atoms with Gasteiger partial charge in [0.05, 0.1) is 11.5 Å². The predicted molar refractivity (Wildman–Crippen MR) is 69.8 cm³/mol. The number of aryl methyl sites for hydroxylation is 1. The van der Waals surface area contributed by atoms with Crippen LogP contribution in [-0.2, 0) is 9.53 Å². The summed E-state index contributed by atoms with van der Waals surface area (Å²) in [7, 11) is 1.38. The third kappa shape index (κ3) is 3.80. The van der Waals surface area contributed by atoms with E-state index >= 15 is 0 Å². The van der Waals surface area contributed by atoms with E-state index in [0.717, 1.165) is 0 Å². The molecule has 0 spiro atoms. The van der Waals surface area contributed by atoms with Crippen LogP contribution in [0, 0.1) is 17.0 Å². The Morgan fingerprint density at radius 3 is 2.74 bits per heavy atom. The van der Waals surface area contributed by atoms with E-state index in [0.29, 0.717) is 11.3 Å². The number of halogens is 1. The highest BCUT2D eigenvalue weighted by Gasteiger charge is 2.20. The lowest BCUT2D eigenvalue weighted by molar-refractivity contribution is -0.384. The summed E-state index contributed by atoms with van der Waals surface area (Å²) in [5.41, 5.74) is 0.724. The summed E-state index contributed by atoms with van der Waals surface area (Å²) in [6.45, 7) is 1.58. The summed E-state index contributed by atoms with van der Waals surface area (Å²) in [5, 5.41) is 22.4. The van der Waals surface area contributed by atoms with Gasteiger partial charge in [-0.25, -0.2) is 4.79 Å². The number of nitrogens with one attached hydrogen (secondary N) is 1. The first-order valence-electron chi connectivity index (χ1n) is 5.29. The second-order valence-electron chi connectivity index (χ2n) is 3.87. The molecule has 0 amide bonds. The van der Waals surface area contributed by atoms with Gasteiger partial charge in [0.2, 0.25) is 0 Å². The number of rotatable bonds is 6. The van der Waals surface area contributed by atoms with Gasteiger partial charge in [-0.05, 0) is 18.6 Å². The molecule has 0 saturated heterocycles. The van der Waals surface area contributed by atoms with Crippen LogP contribution in [0.1, 0.15) is 5.56 Å². The summed E-state index contributed by atoms with van der Waals surface area (Å²) < 4.78 is 4.79. The first-order chi connectivity index (χ1) is 8.86. The van der Waals surface area contributed by atoms with Crippen molar-refractivity contribution in [2.24, 2.45) is 0 Å². The Morgan fingerprint density at radius 1 is 1.63 bits per heavy atom. The molecule has 0 aromatic heterocycles. The number of nitrogens with zero attached hydrogens (tertiary/aromatic N) is 1. The van der Waals surface area contributed by atoms with E-state index in [1.807, 2.05) is 0 Å². The van der Waals surface area contributed by atoms with Crippen molar-refractivity contribution in [2.45, 2.75) is 13.0 Å². The Balaban J connectivity index is 3.04. The van der Waals surface area contributed by atoms with Crippen molar-refractivity contribution >= 4 is 28.9 Å². The zero-order valence-electron chi connectivity index (χ0n) is 10.3. The van der Waals surface area contributed by atoms with Crippen LogP contribution in [-0.4, -0.2) is 35.8 Å². The molecule has 0 fully saturated rings. The quantitative estimate of drug-likeness (QED) is 0.614. The van der Waals surface area contributed by atoms with Gasteiger partial charge in [0.15, 0.2) is 0 Å². The predicted octanol–water partition coefficient (Wildman–Crippen LogP) is 2.07. The lowest BCUT2D eigenvalue weighted by Gasteiger charge is -2.16. The molecular formula is C11H13ClN2O5. The molecule has 1 rings (SSSR count). The van der Waals surface area contributed by atoms with Gasteiger partial charge in [0, 0.05) is 18.9 Å². The first kappa shape index (κ1) is 15.2. The van der Waals surface area contributed by atoms with E-state index in [1.54, 1.807) is 6.92 Å². The van der Waals surface area contributed by atoms with Crippen LogP contribution >= 0.6 is 11.6 Å². The Kier molecular flexibility index (Phi) is 5.08. The number of carboxylic acids is 1. The molecule has 1 unspecified atom stereocenters. The highest BCUT2D eigenvalue weighted by Crippen LogP contribution is 2.30. The molecule has 0 saturated carbocycles. The number of carbonyl (C=O) groups is 1. The van der Waals surface area contributed by atoms with Crippen molar-refractivity contribution in [1.82, 2.24) is 0 Å². The number of nitro groups is 1. The SMILES string of the molecule is COCC(Nc1cc(Cl)c([N+](=O)[O-])cc1C)C(=O)O. The first-order valence-corrected chi connectivity index (χ1v) is 5.67. The molecule has 0 heterocycles. The molecule has 2 N–H and O–H groups in total. The van der Waals surface area contributed by atoms with Crippen LogP contribution in [0.25, 0.3) is 0 Å². The molecular weight excluding hydrogens is 276 g/mol. The minimum atomic E-state index is -1.09. The largest absolute Gasteiger partial charge is 0.480 e. The Hall–Kier alpha value is -1.86. The number of hydrogen-bond donors (Lipinski definition) is 2. The van der Waals surface area contributed by atoms with Gasteiger partial charge in [-0.15, -0.1) is 0 Å². The molecule has 1 aromatic rings. The van der Waals surface area contributed by atoms with E-state index in [9.17, 15) is 14.9 Å². The van der Waals surface area contributed by atoms with Crippen molar-refractivity contribution < 1.29 is 19.6 Å². The maximum Gasteiger partial charge on any atom is 0.328 e. The summed E-state index contributed by atoms with van der Waals surface area (Å²) in [5.74, 6) is -1.09. The van der Waals surface area contributed by atoms with Crippen LogP contribution in [0.5, 0.6) is 0 Å². The molecule has 0 bridgehead atoms. The van der Waals surface area contributed by atoms with Crippen LogP contribution in [0.4, 0.5) is 11.4 Å². The van der Waals surface area contributed by atoms with Crippen molar-refractivity contribution in [2.75, 3.05) is 19.0 Å². The van der Waals surface area contributed by atoms with Crippen LogP contribution < -0.4 is 5.32 Å². The summed E-state index contributed by atoms with van der Waals surface area (Å²) in [4.78, 5) is 21.1. The summed E-state index contributed by atoms with van der Waals surface area (Å²) in [6, 6.07) is 1.66. The van der Waals surface area contributed by atoms with Gasteiger partial charge < -0.3 is 15.2 Å². The molecule has 0 aliphatic carbocycles. The molecule has 0 radical (unpaired) electrons. The zero-order valence-corrected chi connectivity index (χ0v) is 11.1. The second kappa shape index (κ2) is 6.35. The van der Waals surface area contributed by atoms with Gasteiger partial charge in [-0.3, -0.25) is 10.1 Å². The average molecular weight is 289 g/mol. The lowest BCUT2D eigenvalue weighted by atomic mass is 10.1. The third-order valence-corrected chi connectivity index (χ3v) is 2.75. The number of carboxylic acid groups (broad SMARTS) is 1. The number of benzene rings is 1. The second-order valence-corrected chi connectivity index (χ2v) is 4.27. The van der Waals surface area contributed by atoms with E-state index in [1.165, 1.54) is 19.2 Å². The number of aliphatic carboxylic acids is 1. The summed E-state index contributed by atoms with van der Waals surface area (Å²) >= 11 is 5.78. The fourth-order valence-corrected chi connectivity index (χ4v) is 1.72. The van der Waals surface area contributed by atoms with Crippen LogP contribution in [0.2, 0.25) is 5.02 Å². The molecule has 104 valence electrons. The molecule has 19 heavy (non-hydrogen) atoms. The number of nitro benzene ring substituents is 1. The normalized spacial score (nSPS) is 11.9. The van der Waals surface area contributed by atoms with E-state index in [-0.39, 0.29) is 17.3 Å². The van der Waals surface area contributed by atoms with Gasteiger partial charge in [-0.1, -0.05) is 11.6 Å². The fraction of sp³-hybridized carbons (Fsp3) is 0.364. The number of ether oxygens (including phenoxy) is 1. The summed E-state index contributed by atoms with van der Waals surface area (Å²) in [6.07, 6.45) is 0. The van der Waals surface area contributed by atoms with Gasteiger partial charge in [0.25, 0.3) is 5.69 Å². The minimum Gasteiger partial charge on any atom is -0.480 e. The maximum absolute atomic E-state index is 11.0. The molecule has 7 nitrogen and oxygen atoms in total. The molecule has 1 atom stereocenters. The lowest BCUT2D eigenvalue weighted by Crippen LogP contribution is -2.33. The molecule has 1 aromatic carbocycles. The van der Waals surface area contributed by atoms with Crippen LogP contribution in [0.15, 0.2) is 12.1 Å². The van der Waals surface area contributed by atoms with Crippen molar-refractivity contribution in [3.05, 3.63) is 32.8 Å². The molecule has 8 heteroatoms. The smallest absolute Gasteiger partial charge is 0.328 e. The van der Waals surface area contributed by atoms with E-state index in [4.69, 9.17) is 21.4 Å². The van der Waals surface area contributed by atoms with Crippen molar-refractivity contribution in [3.8, 4) is 0 Å². The van der Waals surface area contributed by atoms with Gasteiger partial charge >= 0.3 is 5.97 Å². The topological polar surface area (TPSA) is 102 Å². The Morgan fingerprint density at radius 2 is 2.26 bits per heavy atom. The fourth-order valence-electron chi connectivity index (χ4n) is 1.49. The van der Waals surface area contributed by atoms with Gasteiger partial charge in [-0.2, -0.15) is 0 Å². The highest BCUT2D eigenvalue weighted by atomic mass is 35.5. The molecule has 0 aliphatic heterocycles.